The number of hydrogen-bond donors (Lipinski definition) is 1. The van der Waals surface area contributed by atoms with Gasteiger partial charge in [-0.05, 0) is 11.6 Å². The molecule has 116 valence electrons. The molecular weight excluding hydrogens is 296 g/mol. The van der Waals surface area contributed by atoms with Crippen LogP contribution < -0.4 is 5.73 Å². The van der Waals surface area contributed by atoms with Crippen molar-refractivity contribution in [3.63, 3.8) is 0 Å². The second-order valence-electron chi connectivity index (χ2n) is 5.09. The number of nitrogen functional groups attached to an aromatic ring is 1. The lowest BCUT2D eigenvalue weighted by Gasteiger charge is -2.33. The first-order valence-corrected chi connectivity index (χ1v) is 8.32. The first kappa shape index (κ1) is 15.7. The van der Waals surface area contributed by atoms with Gasteiger partial charge in [0, 0.05) is 38.8 Å². The fraction of sp³-hybridized carbons (Fsp3) is 0.500. The summed E-state index contributed by atoms with van der Waals surface area (Å²) in [6.45, 7) is 2.63. The fourth-order valence-corrected chi connectivity index (χ4v) is 3.15. The minimum Gasteiger partial charge on any atom is -0.393 e. The maximum atomic E-state index is 11.4. The third kappa shape index (κ3) is 3.90. The van der Waals surface area contributed by atoms with Crippen molar-refractivity contribution in [3.05, 3.63) is 33.9 Å². The average Bonchev–Trinajstić information content (AvgIpc) is 2.40. The minimum absolute atomic E-state index is 0.0951. The van der Waals surface area contributed by atoms with Crippen molar-refractivity contribution < 1.29 is 13.3 Å². The molecule has 8 nitrogen and oxygen atoms in total. The summed E-state index contributed by atoms with van der Waals surface area (Å²) in [5, 5.41) is 10.9. The second kappa shape index (κ2) is 5.96. The van der Waals surface area contributed by atoms with Gasteiger partial charge in [0.05, 0.1) is 11.2 Å². The van der Waals surface area contributed by atoms with Crippen LogP contribution >= 0.6 is 0 Å². The van der Waals surface area contributed by atoms with Gasteiger partial charge in [-0.1, -0.05) is 6.07 Å². The highest BCUT2D eigenvalue weighted by Gasteiger charge is 2.23. The van der Waals surface area contributed by atoms with Gasteiger partial charge in [-0.3, -0.25) is 15.0 Å². The smallest absolute Gasteiger partial charge is 0.292 e. The van der Waals surface area contributed by atoms with E-state index < -0.39 is 14.9 Å². The van der Waals surface area contributed by atoms with Crippen molar-refractivity contribution in [3.8, 4) is 0 Å². The Kier molecular flexibility index (Phi) is 4.45. The summed E-state index contributed by atoms with van der Waals surface area (Å²) in [5.74, 6) is 0. The zero-order valence-corrected chi connectivity index (χ0v) is 12.5. The molecule has 0 saturated carbocycles. The van der Waals surface area contributed by atoms with E-state index in [9.17, 15) is 18.5 Å². The van der Waals surface area contributed by atoms with E-state index >= 15 is 0 Å². The molecule has 1 saturated heterocycles. The van der Waals surface area contributed by atoms with Crippen molar-refractivity contribution in [2.24, 2.45) is 0 Å². The van der Waals surface area contributed by atoms with Crippen LogP contribution in [0.15, 0.2) is 18.2 Å². The van der Waals surface area contributed by atoms with Gasteiger partial charge < -0.3 is 5.73 Å². The van der Waals surface area contributed by atoms with Crippen LogP contribution in [0.25, 0.3) is 0 Å². The molecule has 0 radical (unpaired) electrons. The molecule has 0 spiro atoms. The molecule has 9 heteroatoms. The number of nitrogens with two attached hydrogens (primary N) is 1. The van der Waals surface area contributed by atoms with Crippen LogP contribution in [-0.2, 0) is 16.6 Å². The number of sulfonamides is 1. The van der Waals surface area contributed by atoms with Crippen LogP contribution in [0.3, 0.4) is 0 Å². The Morgan fingerprint density at radius 1 is 1.29 bits per heavy atom. The predicted molar refractivity (Wildman–Crippen MR) is 79.2 cm³/mol. The molecule has 1 aliphatic rings. The molecule has 0 atom stereocenters. The zero-order chi connectivity index (χ0) is 15.6. The summed E-state index contributed by atoms with van der Waals surface area (Å²) in [6, 6.07) is 4.75. The first-order valence-electron chi connectivity index (χ1n) is 6.47. The van der Waals surface area contributed by atoms with Gasteiger partial charge in [0.2, 0.25) is 10.0 Å². The van der Waals surface area contributed by atoms with E-state index in [0.717, 1.165) is 5.56 Å². The van der Waals surface area contributed by atoms with Crippen LogP contribution in [0.5, 0.6) is 0 Å². The Hall–Kier alpha value is -1.71. The topological polar surface area (TPSA) is 110 Å². The monoisotopic (exact) mass is 314 g/mol. The van der Waals surface area contributed by atoms with E-state index in [1.54, 1.807) is 6.07 Å². The van der Waals surface area contributed by atoms with Crippen molar-refractivity contribution >= 4 is 21.4 Å². The molecular formula is C12H18N4O4S. The lowest BCUT2D eigenvalue weighted by Crippen LogP contribution is -2.47. The maximum Gasteiger partial charge on any atom is 0.292 e. The van der Waals surface area contributed by atoms with E-state index in [2.05, 4.69) is 4.90 Å². The van der Waals surface area contributed by atoms with Gasteiger partial charge in [-0.25, -0.2) is 8.42 Å². The van der Waals surface area contributed by atoms with Crippen LogP contribution in [0.4, 0.5) is 11.4 Å². The normalized spacial score (nSPS) is 17.8. The van der Waals surface area contributed by atoms with E-state index in [4.69, 9.17) is 5.73 Å². The molecule has 21 heavy (non-hydrogen) atoms. The number of hydrogen-bond acceptors (Lipinski definition) is 6. The Labute approximate surface area is 123 Å². The van der Waals surface area contributed by atoms with Crippen LogP contribution in [-0.4, -0.2) is 55.0 Å². The number of rotatable bonds is 4. The summed E-state index contributed by atoms with van der Waals surface area (Å²) in [5.41, 5.74) is 6.41. The van der Waals surface area contributed by atoms with Crippen LogP contribution in [0.1, 0.15) is 5.56 Å². The summed E-state index contributed by atoms with van der Waals surface area (Å²) in [6.07, 6.45) is 1.20. The van der Waals surface area contributed by atoms with Crippen LogP contribution in [0, 0.1) is 10.1 Å². The lowest BCUT2D eigenvalue weighted by atomic mass is 10.1. The second-order valence-corrected chi connectivity index (χ2v) is 7.07. The molecule has 2 rings (SSSR count). The third-order valence-corrected chi connectivity index (χ3v) is 4.80. The molecule has 1 aromatic carbocycles. The number of benzene rings is 1. The van der Waals surface area contributed by atoms with E-state index in [1.165, 1.54) is 22.7 Å². The van der Waals surface area contributed by atoms with Crippen molar-refractivity contribution in [2.75, 3.05) is 38.2 Å². The van der Waals surface area contributed by atoms with Gasteiger partial charge in [-0.2, -0.15) is 4.31 Å². The Balaban J connectivity index is 2.01. The van der Waals surface area contributed by atoms with Crippen molar-refractivity contribution in [1.29, 1.82) is 0 Å². The van der Waals surface area contributed by atoms with Crippen molar-refractivity contribution in [2.45, 2.75) is 6.54 Å². The molecule has 2 N–H and O–H groups in total. The van der Waals surface area contributed by atoms with Gasteiger partial charge in [-0.15, -0.1) is 0 Å². The average molecular weight is 314 g/mol. The zero-order valence-electron chi connectivity index (χ0n) is 11.7. The third-order valence-electron chi connectivity index (χ3n) is 3.50. The highest BCUT2D eigenvalue weighted by atomic mass is 32.2. The predicted octanol–water partition coefficient (Wildman–Crippen LogP) is 0.254. The van der Waals surface area contributed by atoms with E-state index in [1.807, 2.05) is 0 Å². The SMILES string of the molecule is CS(=O)(=O)N1CCN(Cc2ccc(N)c([N+](=O)[O-])c2)CC1. The van der Waals surface area contributed by atoms with E-state index in [-0.39, 0.29) is 11.4 Å². The molecule has 0 bridgehead atoms. The summed E-state index contributed by atoms with van der Waals surface area (Å²) < 4.78 is 24.3. The van der Waals surface area contributed by atoms with Gasteiger partial charge in [0.1, 0.15) is 5.69 Å². The Bertz CT molecular complexity index is 639. The lowest BCUT2D eigenvalue weighted by molar-refractivity contribution is -0.384. The molecule has 1 heterocycles. The Morgan fingerprint density at radius 2 is 1.90 bits per heavy atom. The van der Waals surface area contributed by atoms with Gasteiger partial charge in [0.25, 0.3) is 5.69 Å². The number of piperazine rings is 1. The summed E-state index contributed by atoms with van der Waals surface area (Å²) >= 11 is 0. The standard InChI is InChI=1S/C12H18N4O4S/c1-21(19,20)15-6-4-14(5-7-15)9-10-2-3-11(13)12(8-10)16(17)18/h2-3,8H,4-7,9,13H2,1H3. The summed E-state index contributed by atoms with van der Waals surface area (Å²) in [7, 11) is -3.14. The maximum absolute atomic E-state index is 11.4. The molecule has 0 aliphatic carbocycles. The number of nitro benzene ring substituents is 1. The molecule has 1 aliphatic heterocycles. The number of nitro groups is 1. The van der Waals surface area contributed by atoms with Gasteiger partial charge >= 0.3 is 0 Å². The minimum atomic E-state index is -3.14. The molecule has 0 aromatic heterocycles. The van der Waals surface area contributed by atoms with Crippen molar-refractivity contribution in [1.82, 2.24) is 9.21 Å². The van der Waals surface area contributed by atoms with Crippen LogP contribution in [0.2, 0.25) is 0 Å². The highest BCUT2D eigenvalue weighted by Crippen LogP contribution is 2.23. The Morgan fingerprint density at radius 3 is 2.43 bits per heavy atom. The first-order chi connectivity index (χ1) is 9.77. The van der Waals surface area contributed by atoms with Gasteiger partial charge in [0.15, 0.2) is 0 Å². The quantitative estimate of drug-likeness (QED) is 0.485. The number of anilines is 1. The van der Waals surface area contributed by atoms with E-state index in [0.29, 0.717) is 32.7 Å². The molecule has 1 fully saturated rings. The molecule has 0 amide bonds. The fourth-order valence-electron chi connectivity index (χ4n) is 2.32. The largest absolute Gasteiger partial charge is 0.393 e. The number of nitrogens with zero attached hydrogens (tertiary/aromatic N) is 3. The highest BCUT2D eigenvalue weighted by molar-refractivity contribution is 7.88. The molecule has 1 aromatic rings. The molecule has 0 unspecified atom stereocenters. The summed E-state index contributed by atoms with van der Waals surface area (Å²) in [4.78, 5) is 12.4.